The molecule has 0 unspecified atom stereocenters. The molecule has 0 fully saturated rings. The molecule has 1 heterocycles. The number of hydrogen-bond donors (Lipinski definition) is 2. The lowest BCUT2D eigenvalue weighted by Crippen LogP contribution is -2.41. The fraction of sp³-hybridized carbons (Fsp3) is 0.812. The van der Waals surface area contributed by atoms with Gasteiger partial charge in [0.15, 0.2) is 11.8 Å². The SMILES string of the molecule is CCNC(=NCc1nncn1C)NCCCN(C(C)C)C(C)C.I. The molecule has 2 N–H and O–H groups in total. The van der Waals surface area contributed by atoms with Crippen LogP contribution in [-0.2, 0) is 13.6 Å². The predicted molar refractivity (Wildman–Crippen MR) is 111 cm³/mol. The van der Waals surface area contributed by atoms with Crippen LogP contribution in [0.1, 0.15) is 46.9 Å². The molecule has 0 atom stereocenters. The van der Waals surface area contributed by atoms with Crippen molar-refractivity contribution in [3.63, 3.8) is 0 Å². The maximum atomic E-state index is 4.56. The maximum absolute atomic E-state index is 4.56. The average Bonchev–Trinajstić information content (AvgIpc) is 2.88. The van der Waals surface area contributed by atoms with Crippen LogP contribution >= 0.6 is 24.0 Å². The lowest BCUT2D eigenvalue weighted by atomic mass is 10.2. The Kier molecular flexibility index (Phi) is 12.0. The zero-order valence-electron chi connectivity index (χ0n) is 15.9. The summed E-state index contributed by atoms with van der Waals surface area (Å²) in [5.41, 5.74) is 0. The van der Waals surface area contributed by atoms with Crippen LogP contribution < -0.4 is 10.6 Å². The van der Waals surface area contributed by atoms with E-state index < -0.39 is 0 Å². The molecule has 0 amide bonds. The van der Waals surface area contributed by atoms with Crippen LogP contribution in [0.25, 0.3) is 0 Å². The summed E-state index contributed by atoms with van der Waals surface area (Å²) >= 11 is 0. The van der Waals surface area contributed by atoms with Crippen LogP contribution in [0, 0.1) is 0 Å². The molecule has 0 bridgehead atoms. The fourth-order valence-corrected chi connectivity index (χ4v) is 2.52. The number of rotatable bonds is 9. The Morgan fingerprint density at radius 3 is 2.42 bits per heavy atom. The Labute approximate surface area is 163 Å². The van der Waals surface area contributed by atoms with E-state index in [9.17, 15) is 0 Å². The van der Waals surface area contributed by atoms with Crippen molar-refractivity contribution in [2.75, 3.05) is 19.6 Å². The lowest BCUT2D eigenvalue weighted by molar-refractivity contribution is 0.173. The van der Waals surface area contributed by atoms with Crippen molar-refractivity contribution in [3.8, 4) is 0 Å². The Bertz CT molecular complexity index is 463. The number of aliphatic imine (C=N–C) groups is 1. The summed E-state index contributed by atoms with van der Waals surface area (Å²) in [6.45, 7) is 14.4. The fourth-order valence-electron chi connectivity index (χ4n) is 2.52. The Hall–Kier alpha value is -0.900. The van der Waals surface area contributed by atoms with E-state index >= 15 is 0 Å². The average molecular weight is 451 g/mol. The van der Waals surface area contributed by atoms with E-state index in [2.05, 4.69) is 65.3 Å². The smallest absolute Gasteiger partial charge is 0.191 e. The molecule has 1 aromatic rings. The van der Waals surface area contributed by atoms with Gasteiger partial charge < -0.3 is 15.2 Å². The quantitative estimate of drug-likeness (QED) is 0.260. The molecule has 0 aromatic carbocycles. The molecule has 1 aromatic heterocycles. The first-order valence-corrected chi connectivity index (χ1v) is 8.56. The van der Waals surface area contributed by atoms with E-state index in [1.54, 1.807) is 6.33 Å². The topological polar surface area (TPSA) is 70.4 Å². The van der Waals surface area contributed by atoms with Gasteiger partial charge in [-0.25, -0.2) is 4.99 Å². The van der Waals surface area contributed by atoms with Gasteiger partial charge in [0.05, 0.1) is 0 Å². The van der Waals surface area contributed by atoms with Crippen molar-refractivity contribution in [2.24, 2.45) is 12.0 Å². The largest absolute Gasteiger partial charge is 0.357 e. The summed E-state index contributed by atoms with van der Waals surface area (Å²) in [5.74, 6) is 1.68. The van der Waals surface area contributed by atoms with E-state index in [4.69, 9.17) is 0 Å². The van der Waals surface area contributed by atoms with Gasteiger partial charge in [0.1, 0.15) is 12.9 Å². The molecular formula is C16H34IN7. The van der Waals surface area contributed by atoms with Crippen molar-refractivity contribution < 1.29 is 0 Å². The van der Waals surface area contributed by atoms with Crippen LogP contribution in [0.5, 0.6) is 0 Å². The van der Waals surface area contributed by atoms with Crippen LogP contribution in [-0.4, -0.2) is 57.3 Å². The van der Waals surface area contributed by atoms with Crippen LogP contribution in [0.4, 0.5) is 0 Å². The normalized spacial score (nSPS) is 12.0. The van der Waals surface area contributed by atoms with Gasteiger partial charge in [-0.15, -0.1) is 34.2 Å². The summed E-state index contributed by atoms with van der Waals surface area (Å²) in [6, 6.07) is 1.15. The molecule has 140 valence electrons. The third kappa shape index (κ3) is 8.27. The van der Waals surface area contributed by atoms with Crippen LogP contribution in [0.15, 0.2) is 11.3 Å². The van der Waals surface area contributed by atoms with Crippen molar-refractivity contribution in [1.82, 2.24) is 30.3 Å². The first-order chi connectivity index (χ1) is 11.0. The molecule has 1 rings (SSSR count). The van der Waals surface area contributed by atoms with E-state index in [0.717, 1.165) is 37.8 Å². The van der Waals surface area contributed by atoms with Gasteiger partial charge in [-0.3, -0.25) is 4.90 Å². The first-order valence-electron chi connectivity index (χ1n) is 8.56. The van der Waals surface area contributed by atoms with Crippen molar-refractivity contribution in [2.45, 2.75) is 59.7 Å². The molecule has 0 aliphatic carbocycles. The molecule has 0 saturated heterocycles. The number of aromatic nitrogens is 3. The minimum atomic E-state index is 0. The van der Waals surface area contributed by atoms with E-state index in [-0.39, 0.29) is 24.0 Å². The molecule has 0 saturated carbocycles. The Balaban J connectivity index is 0.00000529. The standard InChI is InChI=1S/C16H33N7.HI/c1-7-17-16(19-11-15-21-20-12-22(15)6)18-9-8-10-23(13(2)3)14(4)5;/h12-14H,7-11H2,1-6H3,(H2,17,18,19);1H. The van der Waals surface area contributed by atoms with Gasteiger partial charge in [-0.2, -0.15) is 0 Å². The highest BCUT2D eigenvalue weighted by atomic mass is 127. The molecule has 7 nitrogen and oxygen atoms in total. The molecule has 0 spiro atoms. The van der Waals surface area contributed by atoms with E-state index in [1.165, 1.54) is 0 Å². The minimum Gasteiger partial charge on any atom is -0.357 e. The lowest BCUT2D eigenvalue weighted by Gasteiger charge is -2.30. The van der Waals surface area contributed by atoms with Crippen molar-refractivity contribution in [1.29, 1.82) is 0 Å². The van der Waals surface area contributed by atoms with E-state index in [1.807, 2.05) is 11.6 Å². The second-order valence-electron chi connectivity index (χ2n) is 6.26. The Morgan fingerprint density at radius 1 is 1.25 bits per heavy atom. The Morgan fingerprint density at radius 2 is 1.92 bits per heavy atom. The predicted octanol–water partition coefficient (Wildman–Crippen LogP) is 2.00. The summed E-state index contributed by atoms with van der Waals surface area (Å²) in [5, 5.41) is 14.6. The summed E-state index contributed by atoms with van der Waals surface area (Å²) in [6.07, 6.45) is 2.78. The summed E-state index contributed by atoms with van der Waals surface area (Å²) in [7, 11) is 1.93. The van der Waals surface area contributed by atoms with Crippen molar-refractivity contribution in [3.05, 3.63) is 12.2 Å². The molecule has 24 heavy (non-hydrogen) atoms. The summed E-state index contributed by atoms with van der Waals surface area (Å²) in [4.78, 5) is 7.07. The first kappa shape index (κ1) is 23.1. The van der Waals surface area contributed by atoms with Gasteiger partial charge in [0, 0.05) is 38.8 Å². The number of nitrogens with zero attached hydrogens (tertiary/aromatic N) is 5. The number of guanidine groups is 1. The number of nitrogens with one attached hydrogen (secondary N) is 2. The molecule has 0 aliphatic heterocycles. The third-order valence-corrected chi connectivity index (χ3v) is 3.74. The third-order valence-electron chi connectivity index (χ3n) is 3.74. The van der Waals surface area contributed by atoms with Crippen LogP contribution in [0.3, 0.4) is 0 Å². The van der Waals surface area contributed by atoms with Gasteiger partial charge in [-0.05, 0) is 41.0 Å². The highest BCUT2D eigenvalue weighted by Crippen LogP contribution is 2.05. The molecular weight excluding hydrogens is 417 g/mol. The zero-order valence-corrected chi connectivity index (χ0v) is 18.2. The highest BCUT2D eigenvalue weighted by molar-refractivity contribution is 14.0. The van der Waals surface area contributed by atoms with Gasteiger partial charge in [-0.1, -0.05) is 0 Å². The zero-order chi connectivity index (χ0) is 17.2. The van der Waals surface area contributed by atoms with Gasteiger partial charge >= 0.3 is 0 Å². The number of hydrogen-bond acceptors (Lipinski definition) is 4. The second-order valence-corrected chi connectivity index (χ2v) is 6.26. The highest BCUT2D eigenvalue weighted by Gasteiger charge is 2.12. The van der Waals surface area contributed by atoms with E-state index in [0.29, 0.717) is 18.6 Å². The molecule has 0 radical (unpaired) electrons. The maximum Gasteiger partial charge on any atom is 0.191 e. The minimum absolute atomic E-state index is 0. The summed E-state index contributed by atoms with van der Waals surface area (Å²) < 4.78 is 1.89. The van der Waals surface area contributed by atoms with Crippen LogP contribution in [0.2, 0.25) is 0 Å². The van der Waals surface area contributed by atoms with Gasteiger partial charge in [0.25, 0.3) is 0 Å². The number of halogens is 1. The molecule has 8 heteroatoms. The van der Waals surface area contributed by atoms with Crippen molar-refractivity contribution >= 4 is 29.9 Å². The van der Waals surface area contributed by atoms with Gasteiger partial charge in [0.2, 0.25) is 0 Å². The molecule has 0 aliphatic rings. The monoisotopic (exact) mass is 451 g/mol. The number of aryl methyl sites for hydroxylation is 1. The second kappa shape index (κ2) is 12.5.